The van der Waals surface area contributed by atoms with Crippen molar-refractivity contribution in [1.82, 2.24) is 4.90 Å². The van der Waals surface area contributed by atoms with Crippen molar-refractivity contribution in [3.8, 4) is 0 Å². The first-order valence-electron chi connectivity index (χ1n) is 7.17. The van der Waals surface area contributed by atoms with Gasteiger partial charge in [0.15, 0.2) is 5.78 Å². The number of carbonyl (C=O) groups excluding carboxylic acids is 1. The lowest BCUT2D eigenvalue weighted by molar-refractivity contribution is -0.139. The summed E-state index contributed by atoms with van der Waals surface area (Å²) in [6.07, 6.45) is 2.32. The normalized spacial score (nSPS) is 29.6. The summed E-state index contributed by atoms with van der Waals surface area (Å²) in [5.74, 6) is -0.307. The van der Waals surface area contributed by atoms with Crippen molar-refractivity contribution in [3.63, 3.8) is 0 Å². The highest BCUT2D eigenvalue weighted by atomic mass is 16.4. The molecular weight excluding hydrogens is 254 g/mol. The summed E-state index contributed by atoms with van der Waals surface area (Å²) in [6.45, 7) is 0.793. The van der Waals surface area contributed by atoms with Gasteiger partial charge in [0.1, 0.15) is 0 Å². The van der Waals surface area contributed by atoms with Crippen molar-refractivity contribution < 1.29 is 14.7 Å². The fraction of sp³-hybridized carbons (Fsp3) is 0.500. The van der Waals surface area contributed by atoms with Gasteiger partial charge in [0, 0.05) is 25.4 Å². The molecule has 1 aromatic rings. The summed E-state index contributed by atoms with van der Waals surface area (Å²) in [7, 11) is 0. The molecule has 2 fully saturated rings. The van der Waals surface area contributed by atoms with Crippen LogP contribution in [0.4, 0.5) is 0 Å². The first-order valence-corrected chi connectivity index (χ1v) is 7.17. The predicted molar refractivity (Wildman–Crippen MR) is 74.2 cm³/mol. The highest BCUT2D eigenvalue weighted by Gasteiger charge is 2.46. The first-order chi connectivity index (χ1) is 9.63. The van der Waals surface area contributed by atoms with E-state index in [4.69, 9.17) is 5.11 Å². The van der Waals surface area contributed by atoms with Crippen molar-refractivity contribution in [2.24, 2.45) is 5.92 Å². The van der Waals surface area contributed by atoms with Gasteiger partial charge in [-0.15, -0.1) is 0 Å². The lowest BCUT2D eigenvalue weighted by Gasteiger charge is -2.37. The molecule has 3 atom stereocenters. The largest absolute Gasteiger partial charge is 0.481 e. The van der Waals surface area contributed by atoms with E-state index in [2.05, 4.69) is 17.0 Å². The molecule has 2 heterocycles. The Labute approximate surface area is 118 Å². The minimum atomic E-state index is -0.752. The monoisotopic (exact) mass is 273 g/mol. The molecule has 0 aromatic heterocycles. The SMILES string of the molecule is O=C(O)C[C@@H]1C[C@H]2CC(=O)[C@@H](C1)N2Cc1ccccc1. The number of fused-ring (bicyclic) bond motifs is 2. The lowest BCUT2D eigenvalue weighted by Crippen LogP contribution is -2.44. The van der Waals surface area contributed by atoms with E-state index in [0.29, 0.717) is 18.6 Å². The van der Waals surface area contributed by atoms with Gasteiger partial charge in [-0.05, 0) is 24.3 Å². The minimum Gasteiger partial charge on any atom is -0.481 e. The third-order valence-corrected chi connectivity index (χ3v) is 4.51. The third kappa shape index (κ3) is 2.61. The maximum atomic E-state index is 12.1. The van der Waals surface area contributed by atoms with Crippen molar-refractivity contribution in [2.75, 3.05) is 0 Å². The van der Waals surface area contributed by atoms with Gasteiger partial charge < -0.3 is 5.11 Å². The summed E-state index contributed by atoms with van der Waals surface area (Å²) in [4.78, 5) is 25.2. The Morgan fingerprint density at radius 3 is 2.65 bits per heavy atom. The maximum absolute atomic E-state index is 12.1. The van der Waals surface area contributed by atoms with Crippen LogP contribution in [0.5, 0.6) is 0 Å². The molecule has 0 aliphatic carbocycles. The van der Waals surface area contributed by atoms with Crippen LogP contribution >= 0.6 is 0 Å². The molecule has 2 aliphatic heterocycles. The van der Waals surface area contributed by atoms with Gasteiger partial charge in [-0.25, -0.2) is 0 Å². The van der Waals surface area contributed by atoms with Crippen LogP contribution in [0.2, 0.25) is 0 Å². The Hall–Kier alpha value is -1.68. The molecule has 2 aliphatic rings. The van der Waals surface area contributed by atoms with Crippen LogP contribution < -0.4 is 0 Å². The average molecular weight is 273 g/mol. The van der Waals surface area contributed by atoms with E-state index in [0.717, 1.165) is 13.0 Å². The number of nitrogens with zero attached hydrogens (tertiary/aromatic N) is 1. The Morgan fingerprint density at radius 2 is 2.00 bits per heavy atom. The molecule has 4 heteroatoms. The Kier molecular flexibility index (Phi) is 3.57. The van der Waals surface area contributed by atoms with Gasteiger partial charge >= 0.3 is 5.97 Å². The number of carboxylic acids is 1. The van der Waals surface area contributed by atoms with Crippen molar-refractivity contribution in [1.29, 1.82) is 0 Å². The molecule has 0 saturated carbocycles. The smallest absolute Gasteiger partial charge is 0.303 e. The van der Waals surface area contributed by atoms with Crippen LogP contribution in [0.3, 0.4) is 0 Å². The number of aliphatic carboxylic acids is 1. The van der Waals surface area contributed by atoms with E-state index < -0.39 is 5.97 Å². The minimum absolute atomic E-state index is 0.0710. The fourth-order valence-corrected chi connectivity index (χ4v) is 3.65. The van der Waals surface area contributed by atoms with Crippen molar-refractivity contribution >= 4 is 11.8 Å². The zero-order valence-corrected chi connectivity index (χ0v) is 11.4. The summed E-state index contributed by atoms with van der Waals surface area (Å²) in [6, 6.07) is 10.3. The van der Waals surface area contributed by atoms with Gasteiger partial charge in [0.05, 0.1) is 6.04 Å². The van der Waals surface area contributed by atoms with Gasteiger partial charge in [-0.2, -0.15) is 0 Å². The van der Waals surface area contributed by atoms with Gasteiger partial charge in [-0.3, -0.25) is 14.5 Å². The zero-order chi connectivity index (χ0) is 14.1. The van der Waals surface area contributed by atoms with Crippen LogP contribution in [-0.2, 0) is 16.1 Å². The third-order valence-electron chi connectivity index (χ3n) is 4.51. The molecule has 0 spiro atoms. The number of piperidine rings is 1. The van der Waals surface area contributed by atoms with E-state index in [1.165, 1.54) is 5.56 Å². The van der Waals surface area contributed by atoms with Crippen LogP contribution in [0.1, 0.15) is 31.2 Å². The maximum Gasteiger partial charge on any atom is 0.303 e. The number of rotatable bonds is 4. The first kappa shape index (κ1) is 13.3. The van der Waals surface area contributed by atoms with Crippen molar-refractivity contribution in [3.05, 3.63) is 35.9 Å². The molecule has 106 valence electrons. The number of ketones is 1. The fourth-order valence-electron chi connectivity index (χ4n) is 3.65. The topological polar surface area (TPSA) is 57.6 Å². The molecule has 1 N–H and O–H groups in total. The van der Waals surface area contributed by atoms with E-state index >= 15 is 0 Å². The van der Waals surface area contributed by atoms with E-state index in [-0.39, 0.29) is 24.4 Å². The molecule has 2 saturated heterocycles. The van der Waals surface area contributed by atoms with E-state index in [1.807, 2.05) is 18.2 Å². The lowest BCUT2D eigenvalue weighted by atomic mass is 9.88. The van der Waals surface area contributed by atoms with Crippen LogP contribution in [0.15, 0.2) is 30.3 Å². The zero-order valence-electron chi connectivity index (χ0n) is 11.4. The summed E-state index contributed by atoms with van der Waals surface area (Å²) < 4.78 is 0. The number of Topliss-reactive ketones (excluding diaryl/α,β-unsaturated/α-hetero) is 1. The van der Waals surface area contributed by atoms with E-state index in [9.17, 15) is 9.59 Å². The second kappa shape index (κ2) is 5.37. The van der Waals surface area contributed by atoms with Crippen LogP contribution in [0, 0.1) is 5.92 Å². The molecule has 4 nitrogen and oxygen atoms in total. The average Bonchev–Trinajstić information content (AvgIpc) is 2.58. The molecule has 20 heavy (non-hydrogen) atoms. The number of hydrogen-bond acceptors (Lipinski definition) is 3. The van der Waals surface area contributed by atoms with Crippen LogP contribution in [0.25, 0.3) is 0 Å². The van der Waals surface area contributed by atoms with Crippen LogP contribution in [-0.4, -0.2) is 33.8 Å². The Morgan fingerprint density at radius 1 is 1.25 bits per heavy atom. The Bertz CT molecular complexity index is 514. The molecule has 2 bridgehead atoms. The summed E-state index contributed by atoms with van der Waals surface area (Å²) in [5, 5.41) is 8.93. The predicted octanol–water partition coefficient (Wildman–Crippen LogP) is 2.08. The molecule has 1 aromatic carbocycles. The molecule has 0 amide bonds. The standard InChI is InChI=1S/C16H19NO3/c18-15-9-13-6-12(8-16(19)20)7-14(15)17(13)10-11-4-2-1-3-5-11/h1-5,12-14H,6-10H2,(H,19,20)/t12-,13+,14-/m1/s1. The quantitative estimate of drug-likeness (QED) is 0.912. The Balaban J connectivity index is 1.72. The summed E-state index contributed by atoms with van der Waals surface area (Å²) in [5.41, 5.74) is 1.22. The molecule has 0 radical (unpaired) electrons. The molecule has 3 rings (SSSR count). The molecular formula is C16H19NO3. The number of carboxylic acid groups (broad SMARTS) is 1. The highest BCUT2D eigenvalue weighted by Crippen LogP contribution is 2.38. The van der Waals surface area contributed by atoms with Gasteiger partial charge in [-0.1, -0.05) is 30.3 Å². The van der Waals surface area contributed by atoms with E-state index in [1.54, 1.807) is 0 Å². The van der Waals surface area contributed by atoms with Gasteiger partial charge in [0.2, 0.25) is 0 Å². The molecule has 0 unspecified atom stereocenters. The number of benzene rings is 1. The number of hydrogen-bond donors (Lipinski definition) is 1. The van der Waals surface area contributed by atoms with Crippen molar-refractivity contribution in [2.45, 2.75) is 44.3 Å². The summed E-state index contributed by atoms with van der Waals surface area (Å²) >= 11 is 0. The number of carbonyl (C=O) groups is 2. The highest BCUT2D eigenvalue weighted by molar-refractivity contribution is 5.87. The second-order valence-corrected chi connectivity index (χ2v) is 5.93. The van der Waals surface area contributed by atoms with Gasteiger partial charge in [0.25, 0.3) is 0 Å². The second-order valence-electron chi connectivity index (χ2n) is 5.93.